The smallest absolute Gasteiger partial charge is 0.413 e. The lowest BCUT2D eigenvalue weighted by Gasteiger charge is -2.39. The summed E-state index contributed by atoms with van der Waals surface area (Å²) in [4.78, 5) is 45.4. The van der Waals surface area contributed by atoms with Crippen molar-refractivity contribution in [2.24, 2.45) is 0 Å². The van der Waals surface area contributed by atoms with Crippen molar-refractivity contribution < 1.29 is 32.3 Å². The first kappa shape index (κ1) is 29.1. The highest BCUT2D eigenvalue weighted by Crippen LogP contribution is 2.50. The summed E-state index contributed by atoms with van der Waals surface area (Å²) in [6.07, 6.45) is 0.993. The first-order valence-electron chi connectivity index (χ1n) is 13.4. The predicted octanol–water partition coefficient (Wildman–Crippen LogP) is 3.62. The number of hydrogen-bond donors (Lipinski definition) is 1. The lowest BCUT2D eigenvalue weighted by atomic mass is 9.94. The summed E-state index contributed by atoms with van der Waals surface area (Å²) in [5.41, 5.74) is 3.01. The van der Waals surface area contributed by atoms with E-state index in [1.807, 2.05) is 12.1 Å². The van der Waals surface area contributed by atoms with Gasteiger partial charge in [0.15, 0.2) is 27.4 Å². The van der Waals surface area contributed by atoms with Crippen LogP contribution in [-0.2, 0) is 28.9 Å². The number of anilines is 1. The van der Waals surface area contributed by atoms with Crippen LogP contribution in [0.25, 0.3) is 6.08 Å². The van der Waals surface area contributed by atoms with E-state index in [1.54, 1.807) is 66.7 Å². The number of nitrogens with zero attached hydrogens (tertiary/aromatic N) is 4. The molecule has 1 N–H and O–H groups in total. The van der Waals surface area contributed by atoms with Gasteiger partial charge in [0.05, 0.1) is 11.3 Å². The Bertz CT molecular complexity index is 1780. The zero-order valence-electron chi connectivity index (χ0n) is 23.1. The molecule has 0 aliphatic carbocycles. The molecule has 3 atom stereocenters. The summed E-state index contributed by atoms with van der Waals surface area (Å²) in [5, 5.41) is 8.37. The van der Waals surface area contributed by atoms with Crippen LogP contribution in [0.5, 0.6) is 0 Å². The Balaban J connectivity index is 1.37. The number of aromatic nitrogens is 3. The third-order valence-corrected chi connectivity index (χ3v) is 10.8. The van der Waals surface area contributed by atoms with E-state index in [1.165, 1.54) is 24.7 Å². The fourth-order valence-electron chi connectivity index (χ4n) is 5.32. The second-order valence-electron chi connectivity index (χ2n) is 10.3. The van der Waals surface area contributed by atoms with E-state index < -0.39 is 56.7 Å². The maximum absolute atomic E-state index is 14.2. The van der Waals surface area contributed by atoms with Crippen molar-refractivity contribution in [2.45, 2.75) is 29.2 Å². The minimum Gasteiger partial charge on any atom is -0.451 e. The van der Waals surface area contributed by atoms with Gasteiger partial charge in [0.25, 0.3) is 5.91 Å². The van der Waals surface area contributed by atoms with Gasteiger partial charge in [0.1, 0.15) is 16.9 Å². The zero-order valence-corrected chi connectivity index (χ0v) is 24.8. The molecule has 2 amide bonds. The van der Waals surface area contributed by atoms with Crippen LogP contribution < -0.4 is 5.32 Å². The number of esters is 1. The van der Waals surface area contributed by atoms with E-state index in [4.69, 9.17) is 9.47 Å². The van der Waals surface area contributed by atoms with Crippen molar-refractivity contribution in [3.63, 3.8) is 0 Å². The second kappa shape index (κ2) is 11.6. The Hall–Kier alpha value is -4.95. The topological polar surface area (TPSA) is 158 Å². The summed E-state index contributed by atoms with van der Waals surface area (Å²) in [5.74, 6) is -1.63. The van der Waals surface area contributed by atoms with Gasteiger partial charge in [0, 0.05) is 6.20 Å². The SMILES string of the molecule is C[C@]1(COC(=O)Nc2nncs2)[C@H](C(=O)OC(c2ccccc2)c2ccccc2)N2C(=O)C(=Cc3ccccn3)[C@H]2S1(=O)=O. The summed E-state index contributed by atoms with van der Waals surface area (Å²) in [6.45, 7) is 0.523. The normalized spacial score (nSPS) is 22.7. The number of carbonyl (C=O) groups excluding carboxylic acids is 3. The summed E-state index contributed by atoms with van der Waals surface area (Å²) < 4.78 is 37.7. The van der Waals surface area contributed by atoms with Crippen LogP contribution in [0.15, 0.2) is 96.1 Å². The molecule has 0 spiro atoms. The van der Waals surface area contributed by atoms with Gasteiger partial charge >= 0.3 is 12.1 Å². The number of benzene rings is 2. The lowest BCUT2D eigenvalue weighted by Crippen LogP contribution is -2.60. The van der Waals surface area contributed by atoms with Crippen LogP contribution >= 0.6 is 11.3 Å². The molecular weight excluding hydrogens is 606 g/mol. The number of β-lactam (4-membered cyclic amide) rings is 1. The predicted molar refractivity (Wildman–Crippen MR) is 160 cm³/mol. The van der Waals surface area contributed by atoms with Gasteiger partial charge in [0.2, 0.25) is 5.13 Å². The monoisotopic (exact) mass is 631 g/mol. The van der Waals surface area contributed by atoms with Gasteiger partial charge in [-0.2, -0.15) is 0 Å². The summed E-state index contributed by atoms with van der Waals surface area (Å²) in [7, 11) is -4.37. The standard InChI is InChI=1S/C30H25N5O7S2/c1-30(17-41-29(38)33-28-34-32-18-43-28)24(27(37)42-23(19-10-4-2-5-11-19)20-12-6-3-7-13-20)35-25(36)22(26(35)44(30,39)40)16-21-14-8-9-15-31-21/h2-16,18,23-24,26H,17H2,1H3,(H,33,34,38)/t24-,26+,30-/m0/s1. The van der Waals surface area contributed by atoms with Crippen LogP contribution in [0.3, 0.4) is 0 Å². The van der Waals surface area contributed by atoms with Gasteiger partial charge in [-0.25, -0.2) is 18.0 Å². The first-order chi connectivity index (χ1) is 21.2. The highest BCUT2D eigenvalue weighted by atomic mass is 32.2. The van der Waals surface area contributed by atoms with Gasteiger partial charge in [-0.3, -0.25) is 15.1 Å². The van der Waals surface area contributed by atoms with E-state index >= 15 is 0 Å². The largest absolute Gasteiger partial charge is 0.451 e. The number of nitrogens with one attached hydrogen (secondary N) is 1. The second-order valence-corrected chi connectivity index (χ2v) is 13.6. The van der Waals surface area contributed by atoms with Crippen LogP contribution in [0, 0.1) is 0 Å². The number of hydrogen-bond acceptors (Lipinski definition) is 11. The summed E-state index contributed by atoms with van der Waals surface area (Å²) in [6, 6.07) is 21.3. The quantitative estimate of drug-likeness (QED) is 0.173. The van der Waals surface area contributed by atoms with Gasteiger partial charge in [-0.05, 0) is 36.3 Å². The van der Waals surface area contributed by atoms with Crippen molar-refractivity contribution >= 4 is 50.4 Å². The van der Waals surface area contributed by atoms with Crippen molar-refractivity contribution in [2.75, 3.05) is 11.9 Å². The van der Waals surface area contributed by atoms with Crippen molar-refractivity contribution in [1.82, 2.24) is 20.1 Å². The third kappa shape index (κ3) is 5.11. The number of fused-ring (bicyclic) bond motifs is 1. The van der Waals surface area contributed by atoms with Crippen LogP contribution in [-0.4, -0.2) is 69.2 Å². The fraction of sp³-hybridized carbons (Fsp3) is 0.200. The average molecular weight is 632 g/mol. The van der Waals surface area contributed by atoms with Crippen molar-refractivity contribution in [1.29, 1.82) is 0 Å². The number of rotatable bonds is 8. The molecule has 0 saturated carbocycles. The molecule has 44 heavy (non-hydrogen) atoms. The number of ether oxygens (including phenoxy) is 2. The maximum atomic E-state index is 14.2. The van der Waals surface area contributed by atoms with E-state index in [2.05, 4.69) is 20.5 Å². The third-order valence-electron chi connectivity index (χ3n) is 7.51. The highest BCUT2D eigenvalue weighted by Gasteiger charge is 2.73. The highest BCUT2D eigenvalue weighted by molar-refractivity contribution is 7.94. The van der Waals surface area contributed by atoms with Crippen LogP contribution in [0.4, 0.5) is 9.93 Å². The van der Waals surface area contributed by atoms with Crippen molar-refractivity contribution in [3.05, 3.63) is 113 Å². The molecule has 6 rings (SSSR count). The summed E-state index contributed by atoms with van der Waals surface area (Å²) >= 11 is 1.04. The molecule has 12 nitrogen and oxygen atoms in total. The van der Waals surface area contributed by atoms with E-state index in [9.17, 15) is 22.8 Å². The molecule has 2 fully saturated rings. The number of sulfone groups is 1. The van der Waals surface area contributed by atoms with Crippen molar-refractivity contribution in [3.8, 4) is 0 Å². The van der Waals surface area contributed by atoms with Gasteiger partial charge < -0.3 is 14.4 Å². The molecule has 0 radical (unpaired) electrons. The molecule has 4 heterocycles. The van der Waals surface area contributed by atoms with E-state index in [0.29, 0.717) is 16.8 Å². The number of amides is 2. The first-order valence-corrected chi connectivity index (χ1v) is 15.8. The van der Waals surface area contributed by atoms with Crippen LogP contribution in [0.2, 0.25) is 0 Å². The molecule has 2 aromatic carbocycles. The Morgan fingerprint density at radius 3 is 2.30 bits per heavy atom. The molecule has 14 heteroatoms. The van der Waals surface area contributed by atoms with Crippen LogP contribution in [0.1, 0.15) is 29.8 Å². The van der Waals surface area contributed by atoms with E-state index in [-0.39, 0.29) is 10.7 Å². The van der Waals surface area contributed by atoms with Gasteiger partial charge in [-0.1, -0.05) is 78.1 Å². The van der Waals surface area contributed by atoms with E-state index in [0.717, 1.165) is 16.2 Å². The molecular formula is C30H25N5O7S2. The Morgan fingerprint density at radius 2 is 1.70 bits per heavy atom. The zero-order chi connectivity index (χ0) is 30.9. The molecule has 0 unspecified atom stereocenters. The molecule has 224 valence electrons. The Morgan fingerprint density at radius 1 is 1.05 bits per heavy atom. The molecule has 2 saturated heterocycles. The molecule has 0 bridgehead atoms. The maximum Gasteiger partial charge on any atom is 0.413 e. The number of pyridine rings is 1. The van der Waals surface area contributed by atoms with Gasteiger partial charge in [-0.15, -0.1) is 10.2 Å². The average Bonchev–Trinajstić information content (AvgIpc) is 3.60. The minimum atomic E-state index is -4.37. The molecule has 4 aromatic rings. The molecule has 2 aliphatic rings. The fourth-order valence-corrected chi connectivity index (χ4v) is 8.03. The molecule has 2 aliphatic heterocycles. The minimum absolute atomic E-state index is 0.0498. The molecule has 2 aromatic heterocycles. The Labute approximate surface area is 256 Å². The lowest BCUT2D eigenvalue weighted by molar-refractivity contribution is -0.161. The Kier molecular flexibility index (Phi) is 7.69. The number of carbonyl (C=O) groups is 3.